The van der Waals surface area contributed by atoms with Gasteiger partial charge in [0.15, 0.2) is 11.5 Å². The van der Waals surface area contributed by atoms with Crippen LogP contribution in [-0.4, -0.2) is 32.2 Å². The number of benzene rings is 2. The van der Waals surface area contributed by atoms with E-state index in [0.29, 0.717) is 15.8 Å². The number of carbonyl (C=O) groups excluding carboxylic acids is 1. The molecule has 2 rings (SSSR count). The van der Waals surface area contributed by atoms with Crippen LogP contribution in [0.4, 0.5) is 11.4 Å². The second-order valence-electron chi connectivity index (χ2n) is 5.24. The van der Waals surface area contributed by atoms with E-state index in [1.165, 1.54) is 39.5 Å². The molecule has 0 heterocycles. The van der Waals surface area contributed by atoms with Crippen LogP contribution in [-0.2, 0) is 0 Å². The van der Waals surface area contributed by atoms with Crippen LogP contribution in [0.25, 0.3) is 0 Å². The number of methoxy groups -OCH3 is 3. The zero-order valence-corrected chi connectivity index (χ0v) is 16.2. The molecule has 0 saturated carbocycles. The number of anilines is 1. The van der Waals surface area contributed by atoms with Crippen molar-refractivity contribution in [3.8, 4) is 17.2 Å². The Bertz CT molecular complexity index is 869. The highest BCUT2D eigenvalue weighted by Crippen LogP contribution is 2.45. The van der Waals surface area contributed by atoms with Gasteiger partial charge in [0.05, 0.1) is 36.3 Å². The Morgan fingerprint density at radius 2 is 1.77 bits per heavy atom. The topological polar surface area (TPSA) is 99.9 Å². The minimum absolute atomic E-state index is 0.0891. The molecular weight excluding hydrogens is 408 g/mol. The Labute approximate surface area is 158 Å². The van der Waals surface area contributed by atoms with Crippen LogP contribution in [0.3, 0.4) is 0 Å². The number of nitro groups is 1. The highest BCUT2D eigenvalue weighted by Gasteiger charge is 2.24. The van der Waals surface area contributed by atoms with Gasteiger partial charge in [-0.05, 0) is 40.5 Å². The van der Waals surface area contributed by atoms with E-state index >= 15 is 0 Å². The van der Waals surface area contributed by atoms with Crippen molar-refractivity contribution in [2.45, 2.75) is 6.92 Å². The first kappa shape index (κ1) is 19.5. The first-order chi connectivity index (χ1) is 12.3. The second-order valence-corrected chi connectivity index (χ2v) is 6.03. The normalized spacial score (nSPS) is 10.2. The predicted molar refractivity (Wildman–Crippen MR) is 99.6 cm³/mol. The van der Waals surface area contributed by atoms with Crippen LogP contribution in [0.15, 0.2) is 28.7 Å². The largest absolute Gasteiger partial charge is 0.493 e. The second kappa shape index (κ2) is 8.05. The zero-order chi connectivity index (χ0) is 19.4. The Hall–Kier alpha value is -2.81. The number of aryl methyl sites for hydroxylation is 1. The van der Waals surface area contributed by atoms with Crippen molar-refractivity contribution >= 4 is 33.2 Å². The lowest BCUT2D eigenvalue weighted by Gasteiger charge is -2.16. The van der Waals surface area contributed by atoms with E-state index in [4.69, 9.17) is 14.2 Å². The summed E-state index contributed by atoms with van der Waals surface area (Å²) in [5.41, 5.74) is 0.784. The maximum Gasteiger partial charge on any atom is 0.293 e. The highest BCUT2D eigenvalue weighted by molar-refractivity contribution is 9.10. The van der Waals surface area contributed by atoms with Gasteiger partial charge in [0.1, 0.15) is 5.69 Å². The van der Waals surface area contributed by atoms with E-state index in [-0.39, 0.29) is 28.4 Å². The van der Waals surface area contributed by atoms with Gasteiger partial charge in [-0.25, -0.2) is 0 Å². The quantitative estimate of drug-likeness (QED) is 0.556. The fraction of sp³-hybridized carbons (Fsp3) is 0.235. The minimum atomic E-state index is -0.567. The molecule has 0 aliphatic carbocycles. The zero-order valence-electron chi connectivity index (χ0n) is 14.6. The Kier molecular flexibility index (Phi) is 6.04. The maximum absolute atomic E-state index is 12.7. The summed E-state index contributed by atoms with van der Waals surface area (Å²) in [6.45, 7) is 1.73. The van der Waals surface area contributed by atoms with Crippen LogP contribution in [0.1, 0.15) is 15.9 Å². The number of hydrogen-bond donors (Lipinski definition) is 1. The maximum atomic E-state index is 12.7. The molecule has 138 valence electrons. The molecule has 0 bridgehead atoms. The molecule has 2 aromatic carbocycles. The van der Waals surface area contributed by atoms with E-state index in [0.717, 1.165) is 0 Å². The number of carbonyl (C=O) groups is 1. The minimum Gasteiger partial charge on any atom is -0.493 e. The van der Waals surface area contributed by atoms with Gasteiger partial charge in [-0.1, -0.05) is 6.07 Å². The molecule has 0 aliphatic heterocycles. The van der Waals surface area contributed by atoms with Crippen molar-refractivity contribution in [2.24, 2.45) is 0 Å². The van der Waals surface area contributed by atoms with Gasteiger partial charge in [-0.2, -0.15) is 0 Å². The molecule has 0 aliphatic rings. The predicted octanol–water partition coefficient (Wildman–Crippen LogP) is 3.94. The summed E-state index contributed by atoms with van der Waals surface area (Å²) in [6, 6.07) is 6.00. The number of rotatable bonds is 6. The van der Waals surface area contributed by atoms with Crippen molar-refractivity contribution < 1.29 is 23.9 Å². The third kappa shape index (κ3) is 3.72. The van der Waals surface area contributed by atoms with Gasteiger partial charge < -0.3 is 19.5 Å². The molecule has 1 N–H and O–H groups in total. The highest BCUT2D eigenvalue weighted by atomic mass is 79.9. The average molecular weight is 425 g/mol. The fourth-order valence-corrected chi connectivity index (χ4v) is 3.01. The number of nitro benzene ring substituents is 1. The van der Waals surface area contributed by atoms with Crippen LogP contribution in [0, 0.1) is 17.0 Å². The summed E-state index contributed by atoms with van der Waals surface area (Å²) in [5, 5.41) is 13.8. The molecule has 0 aromatic heterocycles. The van der Waals surface area contributed by atoms with E-state index in [1.807, 2.05) is 0 Å². The summed E-state index contributed by atoms with van der Waals surface area (Å²) in [4.78, 5) is 23.4. The van der Waals surface area contributed by atoms with E-state index in [1.54, 1.807) is 13.0 Å². The summed E-state index contributed by atoms with van der Waals surface area (Å²) < 4.78 is 16.1. The molecule has 0 radical (unpaired) electrons. The number of nitrogens with zero attached hydrogens (tertiary/aromatic N) is 1. The summed E-state index contributed by atoms with van der Waals surface area (Å²) >= 11 is 3.31. The molecule has 9 heteroatoms. The van der Waals surface area contributed by atoms with Crippen molar-refractivity contribution in [1.82, 2.24) is 0 Å². The van der Waals surface area contributed by atoms with Gasteiger partial charge >= 0.3 is 0 Å². The lowest BCUT2D eigenvalue weighted by Crippen LogP contribution is -2.15. The van der Waals surface area contributed by atoms with Crippen molar-refractivity contribution in [3.05, 3.63) is 50.0 Å². The van der Waals surface area contributed by atoms with Gasteiger partial charge in [-0.15, -0.1) is 0 Å². The molecule has 0 spiro atoms. The summed E-state index contributed by atoms with van der Waals surface area (Å²) in [7, 11) is 4.30. The molecule has 2 aromatic rings. The van der Waals surface area contributed by atoms with E-state index < -0.39 is 10.8 Å². The third-order valence-corrected chi connectivity index (χ3v) is 4.40. The first-order valence-corrected chi connectivity index (χ1v) is 8.18. The van der Waals surface area contributed by atoms with Gasteiger partial charge in [0, 0.05) is 6.07 Å². The van der Waals surface area contributed by atoms with Crippen LogP contribution in [0.2, 0.25) is 0 Å². The van der Waals surface area contributed by atoms with Gasteiger partial charge in [-0.3, -0.25) is 14.9 Å². The third-order valence-electron chi connectivity index (χ3n) is 3.61. The Morgan fingerprint density at radius 1 is 1.12 bits per heavy atom. The fourth-order valence-electron chi connectivity index (χ4n) is 2.37. The van der Waals surface area contributed by atoms with Crippen molar-refractivity contribution in [1.29, 1.82) is 0 Å². The van der Waals surface area contributed by atoms with E-state index in [2.05, 4.69) is 21.2 Å². The van der Waals surface area contributed by atoms with Crippen LogP contribution >= 0.6 is 15.9 Å². The van der Waals surface area contributed by atoms with Crippen molar-refractivity contribution in [2.75, 3.05) is 26.6 Å². The molecule has 8 nitrogen and oxygen atoms in total. The lowest BCUT2D eigenvalue weighted by atomic mass is 10.1. The average Bonchev–Trinajstić information content (AvgIpc) is 2.62. The molecule has 0 unspecified atom stereocenters. The first-order valence-electron chi connectivity index (χ1n) is 7.38. The molecule has 0 atom stereocenters. The Balaban J connectivity index is 2.50. The standard InChI is InChI=1S/C17H17BrN2O6/c1-9-5-6-11(12(7-9)20(22)23)19-17(21)10-8-13(24-2)15(25-3)16(26-4)14(10)18/h5-8H,1-4H3,(H,19,21). The SMILES string of the molecule is COc1cc(C(=O)Nc2ccc(C)cc2[N+](=O)[O-])c(Br)c(OC)c1OC. The van der Waals surface area contributed by atoms with Crippen molar-refractivity contribution in [3.63, 3.8) is 0 Å². The number of halogens is 1. The molecule has 1 amide bonds. The van der Waals surface area contributed by atoms with E-state index in [9.17, 15) is 14.9 Å². The molecular formula is C17H17BrN2O6. The van der Waals surface area contributed by atoms with Gasteiger partial charge in [0.25, 0.3) is 11.6 Å². The smallest absolute Gasteiger partial charge is 0.293 e. The van der Waals surface area contributed by atoms with Crippen LogP contribution < -0.4 is 19.5 Å². The summed E-state index contributed by atoms with van der Waals surface area (Å²) in [5.74, 6) is 0.314. The molecule has 26 heavy (non-hydrogen) atoms. The number of amides is 1. The monoisotopic (exact) mass is 424 g/mol. The molecule has 0 saturated heterocycles. The molecule has 0 fully saturated rings. The number of hydrogen-bond acceptors (Lipinski definition) is 6. The number of ether oxygens (including phenoxy) is 3. The number of nitrogens with one attached hydrogen (secondary N) is 1. The van der Waals surface area contributed by atoms with Gasteiger partial charge in [0.2, 0.25) is 5.75 Å². The Morgan fingerprint density at radius 3 is 2.31 bits per heavy atom. The summed E-state index contributed by atoms with van der Waals surface area (Å²) in [6.07, 6.45) is 0. The lowest BCUT2D eigenvalue weighted by molar-refractivity contribution is -0.384. The van der Waals surface area contributed by atoms with Crippen LogP contribution in [0.5, 0.6) is 17.2 Å².